The summed E-state index contributed by atoms with van der Waals surface area (Å²) < 4.78 is 0. The van der Waals surface area contributed by atoms with Gasteiger partial charge in [0, 0.05) is 29.3 Å². The lowest BCUT2D eigenvalue weighted by atomic mass is 10.1. The third-order valence-electron chi connectivity index (χ3n) is 5.56. The van der Waals surface area contributed by atoms with Crippen molar-refractivity contribution in [3.63, 3.8) is 0 Å². The van der Waals surface area contributed by atoms with Gasteiger partial charge in [-0.1, -0.05) is 36.4 Å². The average molecular weight is 411 g/mol. The van der Waals surface area contributed by atoms with Gasteiger partial charge in [0.25, 0.3) is 0 Å². The Morgan fingerprint density at radius 1 is 0.871 bits per heavy atom. The van der Waals surface area contributed by atoms with Crippen LogP contribution in [0.5, 0.6) is 0 Å². The molecule has 0 unspecified atom stereocenters. The van der Waals surface area contributed by atoms with E-state index in [2.05, 4.69) is 5.32 Å². The first kappa shape index (κ1) is 19.2. The number of piperidine rings is 1. The van der Waals surface area contributed by atoms with Gasteiger partial charge in [0.05, 0.1) is 29.0 Å². The number of hydrogen-bond acceptors (Lipinski definition) is 5. The standard InChI is InChI=1S/C25H21N3O3/c29-15-16-12-17(14-18(13-16)28-23(30)10-5-11-24(28)31)26-25-19-6-1-3-8-21(19)27-22-9-4-2-7-20(22)25/h1-4,6-9,12-14,29H,5,10-11,15H2,(H,26,27). The third kappa shape index (κ3) is 3.51. The monoisotopic (exact) mass is 411 g/mol. The second-order valence-electron chi connectivity index (χ2n) is 7.67. The van der Waals surface area contributed by atoms with Crippen molar-refractivity contribution < 1.29 is 14.7 Å². The van der Waals surface area contributed by atoms with E-state index in [4.69, 9.17) is 4.98 Å². The van der Waals surface area contributed by atoms with Crippen LogP contribution in [0.15, 0.2) is 66.7 Å². The van der Waals surface area contributed by atoms with Crippen molar-refractivity contribution in [3.05, 3.63) is 72.3 Å². The van der Waals surface area contributed by atoms with Gasteiger partial charge in [-0.05, 0) is 42.3 Å². The molecule has 0 atom stereocenters. The molecule has 4 aromatic rings. The molecular weight excluding hydrogens is 390 g/mol. The molecule has 3 aromatic carbocycles. The zero-order chi connectivity index (χ0) is 21.4. The largest absolute Gasteiger partial charge is 0.392 e. The van der Waals surface area contributed by atoms with E-state index in [9.17, 15) is 14.7 Å². The minimum atomic E-state index is -0.211. The minimum Gasteiger partial charge on any atom is -0.392 e. The number of aliphatic hydroxyl groups excluding tert-OH is 1. The van der Waals surface area contributed by atoms with Crippen LogP contribution in [0.4, 0.5) is 17.1 Å². The molecule has 6 heteroatoms. The van der Waals surface area contributed by atoms with Crippen LogP contribution < -0.4 is 10.2 Å². The Morgan fingerprint density at radius 2 is 1.48 bits per heavy atom. The van der Waals surface area contributed by atoms with E-state index in [0.717, 1.165) is 27.5 Å². The molecule has 2 amide bonds. The quantitative estimate of drug-likeness (QED) is 0.377. The normalized spacial score (nSPS) is 14.4. The first-order valence-corrected chi connectivity index (χ1v) is 10.3. The van der Waals surface area contributed by atoms with Crippen LogP contribution in [-0.4, -0.2) is 21.9 Å². The number of rotatable bonds is 4. The lowest BCUT2D eigenvalue weighted by Crippen LogP contribution is -2.40. The van der Waals surface area contributed by atoms with Crippen LogP contribution >= 0.6 is 0 Å². The minimum absolute atomic E-state index is 0.198. The van der Waals surface area contributed by atoms with E-state index >= 15 is 0 Å². The molecule has 0 saturated carbocycles. The topological polar surface area (TPSA) is 82.5 Å². The zero-order valence-corrected chi connectivity index (χ0v) is 16.8. The summed E-state index contributed by atoms with van der Waals surface area (Å²) in [5.41, 5.74) is 4.40. The molecule has 1 aliphatic rings. The molecule has 1 fully saturated rings. The van der Waals surface area contributed by atoms with Gasteiger partial charge in [-0.25, -0.2) is 4.98 Å². The molecule has 0 bridgehead atoms. The maximum absolute atomic E-state index is 12.4. The van der Waals surface area contributed by atoms with Crippen molar-refractivity contribution in [2.45, 2.75) is 25.9 Å². The molecule has 6 nitrogen and oxygen atoms in total. The summed E-state index contributed by atoms with van der Waals surface area (Å²) in [6, 6.07) is 21.1. The number of amides is 2. The summed E-state index contributed by atoms with van der Waals surface area (Å²) in [6.07, 6.45) is 1.27. The molecule has 2 heterocycles. The Morgan fingerprint density at radius 3 is 2.10 bits per heavy atom. The van der Waals surface area contributed by atoms with Crippen LogP contribution in [0.2, 0.25) is 0 Å². The zero-order valence-electron chi connectivity index (χ0n) is 16.8. The van der Waals surface area contributed by atoms with Crippen LogP contribution in [0.3, 0.4) is 0 Å². The number of nitrogens with zero attached hydrogens (tertiary/aromatic N) is 2. The molecule has 0 spiro atoms. The van der Waals surface area contributed by atoms with Gasteiger partial charge in [0.1, 0.15) is 0 Å². The summed E-state index contributed by atoms with van der Waals surface area (Å²) in [6.45, 7) is -0.198. The molecule has 2 N–H and O–H groups in total. The highest BCUT2D eigenvalue weighted by Crippen LogP contribution is 2.35. The Balaban J connectivity index is 1.66. The van der Waals surface area contributed by atoms with E-state index in [1.807, 2.05) is 54.6 Å². The predicted octanol–water partition coefficient (Wildman–Crippen LogP) is 4.67. The summed E-state index contributed by atoms with van der Waals surface area (Å²) >= 11 is 0. The number of hydrogen-bond donors (Lipinski definition) is 2. The summed E-state index contributed by atoms with van der Waals surface area (Å²) in [5, 5.41) is 15.2. The van der Waals surface area contributed by atoms with Crippen molar-refractivity contribution in [1.29, 1.82) is 0 Å². The fourth-order valence-corrected chi connectivity index (χ4v) is 4.13. The van der Waals surface area contributed by atoms with E-state index in [1.54, 1.807) is 12.1 Å². The molecule has 1 saturated heterocycles. The van der Waals surface area contributed by atoms with Gasteiger partial charge in [-0.15, -0.1) is 0 Å². The molecule has 1 aliphatic heterocycles. The van der Waals surface area contributed by atoms with Crippen molar-refractivity contribution in [1.82, 2.24) is 4.98 Å². The smallest absolute Gasteiger partial charge is 0.233 e. The number of para-hydroxylation sites is 2. The Bertz CT molecular complexity index is 1260. The fourth-order valence-electron chi connectivity index (χ4n) is 4.13. The van der Waals surface area contributed by atoms with Crippen LogP contribution in [0.25, 0.3) is 21.8 Å². The number of pyridine rings is 1. The number of aromatic nitrogens is 1. The molecule has 0 radical (unpaired) electrons. The highest BCUT2D eigenvalue weighted by Gasteiger charge is 2.28. The highest BCUT2D eigenvalue weighted by molar-refractivity contribution is 6.16. The first-order valence-electron chi connectivity index (χ1n) is 10.3. The number of anilines is 3. The molecule has 154 valence electrons. The fraction of sp³-hybridized carbons (Fsp3) is 0.160. The number of nitrogens with one attached hydrogen (secondary N) is 1. The Hall–Kier alpha value is -3.77. The van der Waals surface area contributed by atoms with Gasteiger partial charge >= 0.3 is 0 Å². The van der Waals surface area contributed by atoms with Crippen molar-refractivity contribution in [3.8, 4) is 0 Å². The van der Waals surface area contributed by atoms with Gasteiger partial charge < -0.3 is 10.4 Å². The van der Waals surface area contributed by atoms with Gasteiger partial charge in [0.2, 0.25) is 11.8 Å². The molecule has 0 aliphatic carbocycles. The number of carbonyl (C=O) groups is 2. The van der Waals surface area contributed by atoms with Crippen molar-refractivity contribution >= 4 is 50.7 Å². The second kappa shape index (κ2) is 7.81. The molecule has 1 aromatic heterocycles. The summed E-state index contributed by atoms with van der Waals surface area (Å²) in [4.78, 5) is 30.9. The Kier molecular flexibility index (Phi) is 4.84. The molecule has 5 rings (SSSR count). The summed E-state index contributed by atoms with van der Waals surface area (Å²) in [5.74, 6) is -0.422. The lowest BCUT2D eigenvalue weighted by molar-refractivity contribution is -0.129. The van der Waals surface area contributed by atoms with E-state index < -0.39 is 0 Å². The first-order chi connectivity index (χ1) is 15.1. The van der Waals surface area contributed by atoms with Crippen molar-refractivity contribution in [2.75, 3.05) is 10.2 Å². The predicted molar refractivity (Wildman–Crippen MR) is 121 cm³/mol. The van der Waals surface area contributed by atoms with Gasteiger partial charge in [-0.3, -0.25) is 14.5 Å². The van der Waals surface area contributed by atoms with E-state index in [1.165, 1.54) is 4.90 Å². The third-order valence-corrected chi connectivity index (χ3v) is 5.56. The van der Waals surface area contributed by atoms with Crippen molar-refractivity contribution in [2.24, 2.45) is 0 Å². The van der Waals surface area contributed by atoms with E-state index in [-0.39, 0.29) is 18.4 Å². The van der Waals surface area contributed by atoms with Crippen LogP contribution in [0.1, 0.15) is 24.8 Å². The van der Waals surface area contributed by atoms with E-state index in [0.29, 0.717) is 36.2 Å². The number of carbonyl (C=O) groups excluding carboxylic acids is 2. The van der Waals surface area contributed by atoms with Gasteiger partial charge in [0.15, 0.2) is 0 Å². The molecule has 31 heavy (non-hydrogen) atoms. The van der Waals surface area contributed by atoms with Gasteiger partial charge in [-0.2, -0.15) is 0 Å². The average Bonchev–Trinajstić information content (AvgIpc) is 2.78. The Labute approximate surface area is 179 Å². The number of aliphatic hydroxyl groups is 1. The maximum atomic E-state index is 12.4. The highest BCUT2D eigenvalue weighted by atomic mass is 16.3. The van der Waals surface area contributed by atoms with Crippen LogP contribution in [-0.2, 0) is 16.2 Å². The maximum Gasteiger partial charge on any atom is 0.233 e. The van der Waals surface area contributed by atoms with Crippen LogP contribution in [0, 0.1) is 0 Å². The summed E-state index contributed by atoms with van der Waals surface area (Å²) in [7, 11) is 0. The molecular formula is C25H21N3O3. The number of imide groups is 1. The lowest BCUT2D eigenvalue weighted by Gasteiger charge is -2.26. The second-order valence-corrected chi connectivity index (χ2v) is 7.67. The number of benzene rings is 3. The number of fused-ring (bicyclic) bond motifs is 2. The SMILES string of the molecule is O=C1CCCC(=O)N1c1cc(CO)cc(Nc2c3ccccc3nc3ccccc23)c1.